The molecule has 0 radical (unpaired) electrons. The number of carboxylic acid groups (broad SMARTS) is 1. The highest BCUT2D eigenvalue weighted by molar-refractivity contribution is 6.04. The molecule has 0 spiro atoms. The summed E-state index contributed by atoms with van der Waals surface area (Å²) in [5.41, 5.74) is 0.755. The highest BCUT2D eigenvalue weighted by Crippen LogP contribution is 2.33. The Hall–Kier alpha value is -3.29. The number of amides is 2. The van der Waals surface area contributed by atoms with Crippen LogP contribution in [0.5, 0.6) is 5.75 Å². The smallest absolute Gasteiger partial charge is 0.339 e. The molecule has 1 aromatic carbocycles. The van der Waals surface area contributed by atoms with Crippen molar-refractivity contribution in [2.75, 3.05) is 5.32 Å². The van der Waals surface area contributed by atoms with Crippen molar-refractivity contribution in [1.29, 1.82) is 0 Å². The minimum Gasteiger partial charge on any atom is -0.478 e. The molecule has 2 heterocycles. The summed E-state index contributed by atoms with van der Waals surface area (Å²) in [6.45, 7) is 3.16. The van der Waals surface area contributed by atoms with E-state index in [1.54, 1.807) is 32.0 Å². The predicted molar refractivity (Wildman–Crippen MR) is 86.7 cm³/mol. The highest BCUT2D eigenvalue weighted by Gasteiger charge is 2.27. The first-order chi connectivity index (χ1) is 11.9. The van der Waals surface area contributed by atoms with Crippen LogP contribution in [0.25, 0.3) is 0 Å². The SMILES string of the molecule is Cc1oc(CNC(=O)c2cccc3c2O[C@H](C)C(=O)N3)cc1C(=O)O. The lowest BCUT2D eigenvalue weighted by molar-refractivity contribution is -0.122. The van der Waals surface area contributed by atoms with Crippen LogP contribution in [0.1, 0.15) is 39.2 Å². The van der Waals surface area contributed by atoms with E-state index >= 15 is 0 Å². The molecular formula is C17H16N2O6. The fourth-order valence-corrected chi connectivity index (χ4v) is 2.51. The summed E-state index contributed by atoms with van der Waals surface area (Å²) in [5, 5.41) is 14.3. The van der Waals surface area contributed by atoms with Crippen LogP contribution in [0, 0.1) is 6.92 Å². The number of aromatic carboxylic acids is 1. The number of carboxylic acids is 1. The molecule has 8 nitrogen and oxygen atoms in total. The third kappa shape index (κ3) is 3.18. The molecule has 0 saturated heterocycles. The Morgan fingerprint density at radius 1 is 1.32 bits per heavy atom. The molecule has 3 rings (SSSR count). The summed E-state index contributed by atoms with van der Waals surface area (Å²) in [4.78, 5) is 35.1. The Kier molecular flexibility index (Phi) is 4.18. The summed E-state index contributed by atoms with van der Waals surface area (Å²) in [6.07, 6.45) is -0.702. The van der Waals surface area contributed by atoms with Gasteiger partial charge in [0.1, 0.15) is 17.1 Å². The van der Waals surface area contributed by atoms with Crippen molar-refractivity contribution in [3.8, 4) is 5.75 Å². The number of fused-ring (bicyclic) bond motifs is 1. The lowest BCUT2D eigenvalue weighted by atomic mass is 10.1. The molecule has 2 amide bonds. The lowest BCUT2D eigenvalue weighted by Crippen LogP contribution is -2.35. The zero-order chi connectivity index (χ0) is 18.1. The molecule has 1 aromatic heterocycles. The Bertz CT molecular complexity index is 870. The van der Waals surface area contributed by atoms with Gasteiger partial charge in [0.2, 0.25) is 0 Å². The summed E-state index contributed by atoms with van der Waals surface area (Å²) < 4.78 is 10.9. The van der Waals surface area contributed by atoms with Gasteiger partial charge in [0.05, 0.1) is 17.8 Å². The number of para-hydroxylation sites is 1. The van der Waals surface area contributed by atoms with Gasteiger partial charge in [0, 0.05) is 0 Å². The van der Waals surface area contributed by atoms with Gasteiger partial charge in [-0.1, -0.05) is 6.07 Å². The van der Waals surface area contributed by atoms with E-state index in [0.717, 1.165) is 0 Å². The molecule has 1 atom stereocenters. The van der Waals surface area contributed by atoms with E-state index in [1.165, 1.54) is 6.07 Å². The molecule has 1 aliphatic heterocycles. The number of carbonyl (C=O) groups is 3. The molecule has 0 fully saturated rings. The van der Waals surface area contributed by atoms with Gasteiger partial charge in [-0.3, -0.25) is 9.59 Å². The van der Waals surface area contributed by atoms with Crippen molar-refractivity contribution < 1.29 is 28.6 Å². The van der Waals surface area contributed by atoms with E-state index in [4.69, 9.17) is 14.3 Å². The number of rotatable bonds is 4. The van der Waals surface area contributed by atoms with E-state index in [-0.39, 0.29) is 29.3 Å². The summed E-state index contributed by atoms with van der Waals surface area (Å²) in [5.74, 6) is -0.893. The number of nitrogens with one attached hydrogen (secondary N) is 2. The van der Waals surface area contributed by atoms with Crippen LogP contribution in [0.3, 0.4) is 0 Å². The third-order valence-electron chi connectivity index (χ3n) is 3.80. The largest absolute Gasteiger partial charge is 0.478 e. The van der Waals surface area contributed by atoms with E-state index in [2.05, 4.69) is 10.6 Å². The molecule has 130 valence electrons. The number of carbonyl (C=O) groups excluding carboxylic acids is 2. The highest BCUT2D eigenvalue weighted by atomic mass is 16.5. The molecule has 2 aromatic rings. The number of ether oxygens (including phenoxy) is 1. The molecule has 25 heavy (non-hydrogen) atoms. The lowest BCUT2D eigenvalue weighted by Gasteiger charge is -2.24. The first kappa shape index (κ1) is 16.6. The van der Waals surface area contributed by atoms with Crippen LogP contribution in [-0.4, -0.2) is 29.0 Å². The normalized spacial score (nSPS) is 15.8. The maximum absolute atomic E-state index is 12.4. The maximum atomic E-state index is 12.4. The minimum atomic E-state index is -1.09. The minimum absolute atomic E-state index is 0.0263. The monoisotopic (exact) mass is 344 g/mol. The van der Waals surface area contributed by atoms with Crippen LogP contribution in [0.2, 0.25) is 0 Å². The van der Waals surface area contributed by atoms with Gasteiger partial charge in [-0.25, -0.2) is 4.79 Å². The van der Waals surface area contributed by atoms with Gasteiger partial charge in [-0.2, -0.15) is 0 Å². The molecule has 0 unspecified atom stereocenters. The fraction of sp³-hybridized carbons (Fsp3) is 0.235. The third-order valence-corrected chi connectivity index (χ3v) is 3.80. The average Bonchev–Trinajstić information content (AvgIpc) is 2.94. The number of furan rings is 1. The van der Waals surface area contributed by atoms with Gasteiger partial charge in [0.25, 0.3) is 11.8 Å². The topological polar surface area (TPSA) is 118 Å². The first-order valence-electron chi connectivity index (χ1n) is 7.58. The van der Waals surface area contributed by atoms with Crippen LogP contribution in [-0.2, 0) is 11.3 Å². The Morgan fingerprint density at radius 2 is 2.08 bits per heavy atom. The second kappa shape index (κ2) is 6.31. The number of hydrogen-bond acceptors (Lipinski definition) is 5. The van der Waals surface area contributed by atoms with Crippen molar-refractivity contribution in [1.82, 2.24) is 5.32 Å². The quantitative estimate of drug-likeness (QED) is 0.780. The molecule has 8 heteroatoms. The predicted octanol–water partition coefficient (Wildman–Crippen LogP) is 1.94. The van der Waals surface area contributed by atoms with Gasteiger partial charge in [-0.15, -0.1) is 0 Å². The van der Waals surface area contributed by atoms with E-state index < -0.39 is 18.0 Å². The Labute approximate surface area is 142 Å². The van der Waals surface area contributed by atoms with Crippen molar-refractivity contribution in [2.45, 2.75) is 26.5 Å². The summed E-state index contributed by atoms with van der Waals surface area (Å²) >= 11 is 0. The zero-order valence-corrected chi connectivity index (χ0v) is 13.6. The Morgan fingerprint density at radius 3 is 2.76 bits per heavy atom. The van der Waals surface area contributed by atoms with E-state index in [9.17, 15) is 14.4 Å². The number of benzene rings is 1. The van der Waals surface area contributed by atoms with Crippen molar-refractivity contribution in [3.05, 3.63) is 46.9 Å². The zero-order valence-electron chi connectivity index (χ0n) is 13.6. The molecule has 0 saturated carbocycles. The summed E-state index contributed by atoms with van der Waals surface area (Å²) in [7, 11) is 0. The van der Waals surface area contributed by atoms with Gasteiger partial charge in [-0.05, 0) is 32.0 Å². The van der Waals surface area contributed by atoms with E-state index in [0.29, 0.717) is 17.2 Å². The summed E-state index contributed by atoms with van der Waals surface area (Å²) in [6, 6.07) is 6.23. The van der Waals surface area contributed by atoms with E-state index in [1.807, 2.05) is 0 Å². The van der Waals surface area contributed by atoms with Crippen molar-refractivity contribution >= 4 is 23.5 Å². The second-order valence-corrected chi connectivity index (χ2v) is 5.60. The van der Waals surface area contributed by atoms with Crippen LogP contribution in [0.4, 0.5) is 5.69 Å². The number of anilines is 1. The molecular weight excluding hydrogens is 328 g/mol. The molecule has 0 bridgehead atoms. The fourth-order valence-electron chi connectivity index (χ4n) is 2.51. The standard InChI is InChI=1S/C17H16N2O6/c1-8-12(17(22)23)6-10(24-8)7-18-16(21)11-4-3-5-13-14(11)25-9(2)15(20)19-13/h3-6,9H,7H2,1-2H3,(H,18,21)(H,19,20)(H,22,23)/t9-/m1/s1. The van der Waals surface area contributed by atoms with Crippen LogP contribution >= 0.6 is 0 Å². The average molecular weight is 344 g/mol. The van der Waals surface area contributed by atoms with Gasteiger partial charge >= 0.3 is 5.97 Å². The number of aryl methyl sites for hydroxylation is 1. The first-order valence-corrected chi connectivity index (χ1v) is 7.58. The maximum Gasteiger partial charge on any atom is 0.339 e. The van der Waals surface area contributed by atoms with Gasteiger partial charge in [0.15, 0.2) is 11.9 Å². The van der Waals surface area contributed by atoms with Gasteiger partial charge < -0.3 is 24.9 Å². The number of hydrogen-bond donors (Lipinski definition) is 3. The molecule has 1 aliphatic rings. The second-order valence-electron chi connectivity index (χ2n) is 5.60. The van der Waals surface area contributed by atoms with Crippen molar-refractivity contribution in [3.63, 3.8) is 0 Å². The molecule has 3 N–H and O–H groups in total. The Balaban J connectivity index is 1.76. The van der Waals surface area contributed by atoms with Crippen LogP contribution < -0.4 is 15.4 Å². The van der Waals surface area contributed by atoms with Crippen molar-refractivity contribution in [2.24, 2.45) is 0 Å². The molecule has 0 aliphatic carbocycles. The van der Waals surface area contributed by atoms with Crippen LogP contribution in [0.15, 0.2) is 28.7 Å².